The number of rotatable bonds is 8. The number of hydrogen-bond donors (Lipinski definition) is 1. The molecule has 0 atom stereocenters. The molecule has 1 amide bonds. The molecule has 8 nitrogen and oxygen atoms in total. The van der Waals surface area contributed by atoms with Crippen molar-refractivity contribution in [3.63, 3.8) is 0 Å². The Kier molecular flexibility index (Phi) is 7.18. The largest absolute Gasteiger partial charge is 0.493 e. The van der Waals surface area contributed by atoms with Gasteiger partial charge in [-0.25, -0.2) is 4.98 Å². The minimum absolute atomic E-state index is 0.226. The van der Waals surface area contributed by atoms with E-state index in [2.05, 4.69) is 10.3 Å². The van der Waals surface area contributed by atoms with Crippen LogP contribution in [-0.2, 0) is 11.2 Å². The van der Waals surface area contributed by atoms with Crippen molar-refractivity contribution in [1.82, 2.24) is 14.3 Å². The van der Waals surface area contributed by atoms with Crippen molar-refractivity contribution in [2.24, 2.45) is 0 Å². The van der Waals surface area contributed by atoms with E-state index in [1.165, 1.54) is 16.2 Å². The zero-order valence-corrected chi connectivity index (χ0v) is 20.7. The minimum Gasteiger partial charge on any atom is -0.493 e. The quantitative estimate of drug-likeness (QED) is 0.374. The minimum atomic E-state index is -0.253. The third kappa shape index (κ3) is 4.64. The van der Waals surface area contributed by atoms with Crippen LogP contribution >= 0.6 is 24.0 Å². The molecule has 4 rings (SSSR count). The van der Waals surface area contributed by atoms with E-state index in [9.17, 15) is 9.59 Å². The average molecular weight is 497 g/mol. The van der Waals surface area contributed by atoms with Crippen LogP contribution < -0.4 is 20.3 Å². The number of ether oxygens (including phenoxy) is 2. The van der Waals surface area contributed by atoms with Crippen molar-refractivity contribution in [1.29, 1.82) is 0 Å². The number of nitrogens with zero attached hydrogens (tertiary/aromatic N) is 3. The fourth-order valence-corrected chi connectivity index (χ4v) is 4.93. The van der Waals surface area contributed by atoms with E-state index in [1.807, 2.05) is 31.2 Å². The predicted molar refractivity (Wildman–Crippen MR) is 139 cm³/mol. The van der Waals surface area contributed by atoms with E-state index in [4.69, 9.17) is 21.7 Å². The molecule has 3 aromatic rings. The number of amides is 1. The molecule has 2 aromatic heterocycles. The Morgan fingerprint density at radius 3 is 2.68 bits per heavy atom. The molecule has 176 valence electrons. The maximum absolute atomic E-state index is 13.2. The summed E-state index contributed by atoms with van der Waals surface area (Å²) in [6.45, 7) is 2.92. The fraction of sp³-hybridized carbons (Fsp3) is 0.250. The third-order valence-electron chi connectivity index (χ3n) is 5.33. The first kappa shape index (κ1) is 23.8. The second-order valence-corrected chi connectivity index (χ2v) is 9.09. The maximum atomic E-state index is 13.2. The molecular weight excluding hydrogens is 472 g/mol. The number of anilines is 1. The SMILES string of the molecule is CCNc1nc2ccccn2c(=O)c1C=C1SC(=S)N(CCc2ccc(OC)c(OC)c2)C1=O. The van der Waals surface area contributed by atoms with E-state index in [-0.39, 0.29) is 11.5 Å². The van der Waals surface area contributed by atoms with Gasteiger partial charge in [-0.2, -0.15) is 0 Å². The highest BCUT2D eigenvalue weighted by Crippen LogP contribution is 2.34. The van der Waals surface area contributed by atoms with Gasteiger partial charge >= 0.3 is 0 Å². The van der Waals surface area contributed by atoms with Gasteiger partial charge in [-0.15, -0.1) is 0 Å². The van der Waals surface area contributed by atoms with Crippen LogP contribution in [0.1, 0.15) is 18.1 Å². The summed E-state index contributed by atoms with van der Waals surface area (Å²) in [6, 6.07) is 11.0. The van der Waals surface area contributed by atoms with E-state index in [0.717, 1.165) is 5.56 Å². The first-order chi connectivity index (χ1) is 16.5. The van der Waals surface area contributed by atoms with Crippen LogP contribution in [0.3, 0.4) is 0 Å². The van der Waals surface area contributed by atoms with E-state index in [0.29, 0.717) is 57.3 Å². The van der Waals surface area contributed by atoms with Crippen molar-refractivity contribution < 1.29 is 14.3 Å². The molecule has 0 unspecified atom stereocenters. The van der Waals surface area contributed by atoms with Crippen molar-refractivity contribution in [3.05, 3.63) is 69.0 Å². The summed E-state index contributed by atoms with van der Waals surface area (Å²) in [5.41, 5.74) is 1.59. The van der Waals surface area contributed by atoms with Crippen LogP contribution in [0.15, 0.2) is 52.3 Å². The Labute approximate surface area is 206 Å². The van der Waals surface area contributed by atoms with Gasteiger partial charge in [0.2, 0.25) is 0 Å². The number of benzene rings is 1. The number of hydrogen-bond acceptors (Lipinski definition) is 8. The molecule has 1 aromatic carbocycles. The highest BCUT2D eigenvalue weighted by molar-refractivity contribution is 8.26. The Morgan fingerprint density at radius 1 is 1.15 bits per heavy atom. The number of thioether (sulfide) groups is 1. The molecule has 1 saturated heterocycles. The lowest BCUT2D eigenvalue weighted by Crippen LogP contribution is -2.30. The van der Waals surface area contributed by atoms with Crippen LogP contribution in [0.4, 0.5) is 5.82 Å². The molecule has 1 aliphatic rings. The van der Waals surface area contributed by atoms with Gasteiger partial charge in [-0.1, -0.05) is 36.1 Å². The normalized spacial score (nSPS) is 14.8. The van der Waals surface area contributed by atoms with Crippen LogP contribution in [0, 0.1) is 0 Å². The van der Waals surface area contributed by atoms with Crippen LogP contribution in [0.2, 0.25) is 0 Å². The Hall–Kier alpha value is -3.37. The van der Waals surface area contributed by atoms with Gasteiger partial charge < -0.3 is 14.8 Å². The highest BCUT2D eigenvalue weighted by Gasteiger charge is 2.32. The predicted octanol–water partition coefficient (Wildman–Crippen LogP) is 3.59. The summed E-state index contributed by atoms with van der Waals surface area (Å²) in [6.07, 6.45) is 3.83. The van der Waals surface area contributed by atoms with Gasteiger partial charge in [0, 0.05) is 19.3 Å². The molecule has 0 spiro atoms. The lowest BCUT2D eigenvalue weighted by atomic mass is 10.1. The standard InChI is InChI=1S/C24H24N4O4S2/c1-4-25-21-16(22(29)27-11-6-5-7-20(27)26-21)14-19-23(30)28(24(33)34-19)12-10-15-8-9-17(31-2)18(13-15)32-3/h5-9,11,13-14,25H,4,10,12H2,1-3H3. The van der Waals surface area contributed by atoms with Crippen molar-refractivity contribution >= 4 is 51.7 Å². The number of carbonyl (C=O) groups is 1. The van der Waals surface area contributed by atoms with Crippen LogP contribution in [0.25, 0.3) is 11.7 Å². The summed E-state index contributed by atoms with van der Waals surface area (Å²) in [5.74, 6) is 1.49. The van der Waals surface area contributed by atoms with E-state index >= 15 is 0 Å². The molecule has 34 heavy (non-hydrogen) atoms. The molecule has 0 bridgehead atoms. The lowest BCUT2D eigenvalue weighted by molar-refractivity contribution is -0.122. The molecule has 1 fully saturated rings. The molecule has 0 aliphatic carbocycles. The topological polar surface area (TPSA) is 85.2 Å². The average Bonchev–Trinajstić information content (AvgIpc) is 3.12. The van der Waals surface area contributed by atoms with Crippen molar-refractivity contribution in [3.8, 4) is 11.5 Å². The van der Waals surface area contributed by atoms with Crippen LogP contribution in [-0.4, -0.2) is 51.8 Å². The van der Waals surface area contributed by atoms with Gasteiger partial charge in [0.1, 0.15) is 15.8 Å². The van der Waals surface area contributed by atoms with E-state index in [1.54, 1.807) is 43.5 Å². The lowest BCUT2D eigenvalue weighted by Gasteiger charge is -2.15. The van der Waals surface area contributed by atoms with Gasteiger partial charge in [0.15, 0.2) is 11.5 Å². The number of nitrogens with one attached hydrogen (secondary N) is 1. The summed E-state index contributed by atoms with van der Waals surface area (Å²) in [7, 11) is 3.17. The van der Waals surface area contributed by atoms with Crippen molar-refractivity contribution in [2.75, 3.05) is 32.6 Å². The summed E-state index contributed by atoms with van der Waals surface area (Å²) in [5, 5.41) is 3.13. The number of thiocarbonyl (C=S) groups is 1. The van der Waals surface area contributed by atoms with Gasteiger partial charge in [-0.05, 0) is 49.2 Å². The van der Waals surface area contributed by atoms with Crippen molar-refractivity contribution in [2.45, 2.75) is 13.3 Å². The maximum Gasteiger partial charge on any atom is 0.267 e. The van der Waals surface area contributed by atoms with Gasteiger partial charge in [-0.3, -0.25) is 18.9 Å². The molecule has 0 saturated carbocycles. The highest BCUT2D eigenvalue weighted by atomic mass is 32.2. The first-order valence-electron chi connectivity index (χ1n) is 10.7. The molecule has 1 aliphatic heterocycles. The van der Waals surface area contributed by atoms with E-state index < -0.39 is 0 Å². The number of carbonyl (C=O) groups excluding carboxylic acids is 1. The number of methoxy groups -OCH3 is 2. The summed E-state index contributed by atoms with van der Waals surface area (Å²) < 4.78 is 12.6. The van der Waals surface area contributed by atoms with Gasteiger partial charge in [0.05, 0.1) is 24.7 Å². The fourth-order valence-electron chi connectivity index (χ4n) is 3.64. The second-order valence-electron chi connectivity index (χ2n) is 7.41. The molecule has 0 radical (unpaired) electrons. The molecule has 1 N–H and O–H groups in total. The number of aromatic nitrogens is 2. The zero-order chi connectivity index (χ0) is 24.2. The van der Waals surface area contributed by atoms with Gasteiger partial charge in [0.25, 0.3) is 11.5 Å². The zero-order valence-electron chi connectivity index (χ0n) is 19.0. The molecule has 3 heterocycles. The Bertz CT molecular complexity index is 1350. The Morgan fingerprint density at radius 2 is 1.94 bits per heavy atom. The second kappa shape index (κ2) is 10.3. The first-order valence-corrected chi connectivity index (χ1v) is 11.9. The molecule has 10 heteroatoms. The monoisotopic (exact) mass is 496 g/mol. The number of fused-ring (bicyclic) bond motifs is 1. The number of pyridine rings is 1. The third-order valence-corrected chi connectivity index (χ3v) is 6.71. The Balaban J connectivity index is 1.60. The molecular formula is C24H24N4O4S2. The van der Waals surface area contributed by atoms with Crippen LogP contribution in [0.5, 0.6) is 11.5 Å². The summed E-state index contributed by atoms with van der Waals surface area (Å²) >= 11 is 6.66. The smallest absolute Gasteiger partial charge is 0.267 e. The summed E-state index contributed by atoms with van der Waals surface area (Å²) in [4.78, 5) is 32.8.